The minimum absolute atomic E-state index is 0.0316. The molecule has 1 amide bonds. The average Bonchev–Trinajstić information content (AvgIpc) is 2.55. The Morgan fingerprint density at radius 1 is 1.09 bits per heavy atom. The van der Waals surface area contributed by atoms with E-state index >= 15 is 0 Å². The fourth-order valence-corrected chi connectivity index (χ4v) is 2.16. The summed E-state index contributed by atoms with van der Waals surface area (Å²) < 4.78 is 45.3. The number of halogens is 3. The lowest BCUT2D eigenvalue weighted by Gasteiger charge is -2.29. The summed E-state index contributed by atoms with van der Waals surface area (Å²) in [6, 6.07) is 8.91. The van der Waals surface area contributed by atoms with Crippen molar-refractivity contribution >= 4 is 5.91 Å². The summed E-state index contributed by atoms with van der Waals surface area (Å²) in [5, 5.41) is 2.54. The molecule has 0 fully saturated rings. The van der Waals surface area contributed by atoms with Crippen molar-refractivity contribution in [2.75, 3.05) is 13.7 Å². The third-order valence-corrected chi connectivity index (χ3v) is 3.66. The van der Waals surface area contributed by atoms with E-state index in [0.29, 0.717) is 0 Å². The summed E-state index contributed by atoms with van der Waals surface area (Å²) in [4.78, 5) is 12.0. The topological polar surface area (TPSA) is 38.3 Å². The van der Waals surface area contributed by atoms with Gasteiger partial charge >= 0.3 is 0 Å². The summed E-state index contributed by atoms with van der Waals surface area (Å²) in [5.74, 6) is -3.21. The van der Waals surface area contributed by atoms with Crippen molar-refractivity contribution in [1.82, 2.24) is 5.32 Å². The van der Waals surface area contributed by atoms with E-state index < -0.39 is 29.0 Å². The van der Waals surface area contributed by atoms with Crippen LogP contribution in [-0.4, -0.2) is 19.6 Å². The lowest BCUT2D eigenvalue weighted by atomic mass is 9.95. The lowest BCUT2D eigenvalue weighted by Crippen LogP contribution is -2.40. The monoisotopic (exact) mass is 323 g/mol. The van der Waals surface area contributed by atoms with E-state index in [9.17, 15) is 18.0 Å². The van der Waals surface area contributed by atoms with Crippen molar-refractivity contribution in [2.45, 2.75) is 12.5 Å². The van der Waals surface area contributed by atoms with E-state index in [-0.39, 0.29) is 17.7 Å². The third kappa shape index (κ3) is 3.71. The molecule has 2 aromatic carbocycles. The maximum absolute atomic E-state index is 13.9. The van der Waals surface area contributed by atoms with Crippen molar-refractivity contribution in [3.05, 3.63) is 71.0 Å². The molecule has 0 bridgehead atoms. The number of benzene rings is 2. The maximum atomic E-state index is 13.9. The average molecular weight is 323 g/mol. The predicted molar refractivity (Wildman–Crippen MR) is 79.5 cm³/mol. The highest BCUT2D eigenvalue weighted by molar-refractivity contribution is 5.94. The Morgan fingerprint density at radius 3 is 2.39 bits per heavy atom. The fourth-order valence-electron chi connectivity index (χ4n) is 2.16. The van der Waals surface area contributed by atoms with Crippen molar-refractivity contribution in [1.29, 1.82) is 0 Å². The van der Waals surface area contributed by atoms with Gasteiger partial charge in [0, 0.05) is 18.2 Å². The number of hydrogen-bond donors (Lipinski definition) is 1. The number of ether oxygens (including phenoxy) is 1. The lowest BCUT2D eigenvalue weighted by molar-refractivity contribution is 0.000386. The van der Waals surface area contributed by atoms with E-state index in [2.05, 4.69) is 5.32 Å². The molecule has 3 nitrogen and oxygen atoms in total. The molecule has 0 saturated carbocycles. The molecule has 0 aliphatic rings. The van der Waals surface area contributed by atoms with Crippen LogP contribution < -0.4 is 5.32 Å². The number of amides is 1. The Morgan fingerprint density at radius 2 is 1.78 bits per heavy atom. The zero-order valence-electron chi connectivity index (χ0n) is 12.7. The second-order valence-electron chi connectivity index (χ2n) is 5.23. The molecule has 0 aliphatic heterocycles. The molecular formula is C17H16F3NO2. The summed E-state index contributed by atoms with van der Waals surface area (Å²) in [7, 11) is 1.40. The van der Waals surface area contributed by atoms with Crippen LogP contribution in [0.1, 0.15) is 22.8 Å². The summed E-state index contributed by atoms with van der Waals surface area (Å²) in [6.07, 6.45) is 0. The first-order chi connectivity index (χ1) is 10.9. The highest BCUT2D eigenvalue weighted by Gasteiger charge is 2.30. The molecule has 122 valence electrons. The first-order valence-corrected chi connectivity index (χ1v) is 6.91. The standard InChI is InChI=1S/C17H16F3NO2/c1-17(23-2,12-5-3-4-6-13(12)18)10-21-16(22)11-7-8-14(19)15(20)9-11/h3-9H,10H2,1-2H3,(H,21,22)/t17-/m1/s1. The van der Waals surface area contributed by atoms with Gasteiger partial charge in [-0.25, -0.2) is 13.2 Å². The van der Waals surface area contributed by atoms with Crippen LogP contribution in [-0.2, 0) is 10.3 Å². The van der Waals surface area contributed by atoms with E-state index in [1.54, 1.807) is 25.1 Å². The first-order valence-electron chi connectivity index (χ1n) is 6.91. The van der Waals surface area contributed by atoms with E-state index in [4.69, 9.17) is 4.74 Å². The van der Waals surface area contributed by atoms with Crippen molar-refractivity contribution < 1.29 is 22.7 Å². The summed E-state index contributed by atoms with van der Waals surface area (Å²) in [5.41, 5.74) is -0.844. The first kappa shape index (κ1) is 17.0. The van der Waals surface area contributed by atoms with Crippen LogP contribution in [0.15, 0.2) is 42.5 Å². The molecular weight excluding hydrogens is 307 g/mol. The Kier molecular flexibility index (Phi) is 5.05. The number of methoxy groups -OCH3 is 1. The number of rotatable bonds is 5. The molecule has 1 atom stereocenters. The molecule has 0 spiro atoms. The van der Waals surface area contributed by atoms with Gasteiger partial charge in [-0.3, -0.25) is 4.79 Å². The molecule has 0 heterocycles. The molecule has 2 rings (SSSR count). The quantitative estimate of drug-likeness (QED) is 0.916. The van der Waals surface area contributed by atoms with Gasteiger partial charge in [-0.1, -0.05) is 18.2 Å². The van der Waals surface area contributed by atoms with E-state index in [1.165, 1.54) is 19.2 Å². The van der Waals surface area contributed by atoms with Gasteiger partial charge in [-0.15, -0.1) is 0 Å². The number of hydrogen-bond acceptors (Lipinski definition) is 2. The summed E-state index contributed by atoms with van der Waals surface area (Å²) >= 11 is 0. The molecule has 23 heavy (non-hydrogen) atoms. The van der Waals surface area contributed by atoms with Gasteiger partial charge in [0.25, 0.3) is 5.91 Å². The molecule has 0 aliphatic carbocycles. The number of carbonyl (C=O) groups excluding carboxylic acids is 1. The van der Waals surface area contributed by atoms with Crippen LogP contribution in [0.2, 0.25) is 0 Å². The minimum Gasteiger partial charge on any atom is -0.372 e. The van der Waals surface area contributed by atoms with E-state index in [0.717, 1.165) is 12.1 Å². The van der Waals surface area contributed by atoms with Crippen LogP contribution in [0, 0.1) is 17.5 Å². The maximum Gasteiger partial charge on any atom is 0.251 e. The highest BCUT2D eigenvalue weighted by atomic mass is 19.2. The van der Waals surface area contributed by atoms with Crippen LogP contribution in [0.25, 0.3) is 0 Å². The van der Waals surface area contributed by atoms with Crippen molar-refractivity contribution in [3.63, 3.8) is 0 Å². The van der Waals surface area contributed by atoms with Gasteiger partial charge in [0.15, 0.2) is 11.6 Å². The molecule has 0 saturated heterocycles. The van der Waals surface area contributed by atoms with Gasteiger partial charge in [0.05, 0.1) is 6.54 Å². The Bertz CT molecular complexity index is 721. The van der Waals surface area contributed by atoms with Gasteiger partial charge in [-0.05, 0) is 31.2 Å². The molecule has 6 heteroatoms. The van der Waals surface area contributed by atoms with Gasteiger partial charge in [-0.2, -0.15) is 0 Å². The summed E-state index contributed by atoms with van der Waals surface area (Å²) in [6.45, 7) is 1.58. The highest BCUT2D eigenvalue weighted by Crippen LogP contribution is 2.26. The smallest absolute Gasteiger partial charge is 0.251 e. The van der Waals surface area contributed by atoms with Crippen LogP contribution in [0.5, 0.6) is 0 Å². The van der Waals surface area contributed by atoms with Gasteiger partial charge < -0.3 is 10.1 Å². The van der Waals surface area contributed by atoms with Crippen molar-refractivity contribution in [2.24, 2.45) is 0 Å². The fraction of sp³-hybridized carbons (Fsp3) is 0.235. The van der Waals surface area contributed by atoms with Gasteiger partial charge in [0.2, 0.25) is 0 Å². The predicted octanol–water partition coefficient (Wildman–Crippen LogP) is 3.40. The molecule has 0 aromatic heterocycles. The number of nitrogens with one attached hydrogen (secondary N) is 1. The Hall–Kier alpha value is -2.34. The minimum atomic E-state index is -1.11. The molecule has 0 unspecified atom stereocenters. The van der Waals surface area contributed by atoms with Crippen LogP contribution in [0.4, 0.5) is 13.2 Å². The Balaban J connectivity index is 2.15. The second-order valence-corrected chi connectivity index (χ2v) is 5.23. The van der Waals surface area contributed by atoms with Crippen molar-refractivity contribution in [3.8, 4) is 0 Å². The normalized spacial score (nSPS) is 13.4. The zero-order chi connectivity index (χ0) is 17.0. The zero-order valence-corrected chi connectivity index (χ0v) is 12.7. The molecule has 0 radical (unpaired) electrons. The SMILES string of the molecule is CO[C@](C)(CNC(=O)c1ccc(F)c(F)c1)c1ccccc1F. The largest absolute Gasteiger partial charge is 0.372 e. The van der Waals surface area contributed by atoms with Crippen LogP contribution in [0.3, 0.4) is 0 Å². The molecule has 1 N–H and O–H groups in total. The second kappa shape index (κ2) is 6.83. The van der Waals surface area contributed by atoms with Crippen LogP contribution >= 0.6 is 0 Å². The van der Waals surface area contributed by atoms with E-state index in [1.807, 2.05) is 0 Å². The number of carbonyl (C=O) groups is 1. The molecule has 2 aromatic rings. The third-order valence-electron chi connectivity index (χ3n) is 3.66. The van der Waals surface area contributed by atoms with Gasteiger partial charge in [0.1, 0.15) is 11.4 Å². The Labute approximate surface area is 132 Å².